The summed E-state index contributed by atoms with van der Waals surface area (Å²) in [6, 6.07) is 13.4. The largest absolute Gasteiger partial charge is 0.462 e. The number of nitrogens with zero attached hydrogens (tertiary/aromatic N) is 2. The molecule has 0 N–H and O–H groups in total. The number of ether oxygens (including phenoxy) is 1. The molecule has 0 amide bonds. The predicted octanol–water partition coefficient (Wildman–Crippen LogP) is 4.66. The number of para-hydroxylation sites is 1. The van der Waals surface area contributed by atoms with Crippen LogP contribution in [-0.2, 0) is 5.41 Å². The Morgan fingerprint density at radius 1 is 1.23 bits per heavy atom. The average molecular weight is 348 g/mol. The molecule has 2 aliphatic heterocycles. The van der Waals surface area contributed by atoms with Crippen LogP contribution in [0.5, 0.6) is 5.75 Å². The molecule has 5 nitrogen and oxygen atoms in total. The van der Waals surface area contributed by atoms with Crippen molar-refractivity contribution < 1.29 is 9.66 Å². The van der Waals surface area contributed by atoms with Crippen LogP contribution in [0.3, 0.4) is 0 Å². The van der Waals surface area contributed by atoms with Crippen molar-refractivity contribution >= 4 is 17.5 Å². The summed E-state index contributed by atoms with van der Waals surface area (Å²) in [6.07, 6.45) is 5.19. The van der Waals surface area contributed by atoms with E-state index in [2.05, 4.69) is 49.2 Å². The Balaban J connectivity index is 1.74. The van der Waals surface area contributed by atoms with Crippen LogP contribution in [0.2, 0.25) is 0 Å². The Morgan fingerprint density at radius 2 is 2.04 bits per heavy atom. The molecule has 1 fully saturated rings. The highest BCUT2D eigenvalue weighted by Crippen LogP contribution is 2.61. The molecule has 132 valence electrons. The van der Waals surface area contributed by atoms with Gasteiger partial charge >= 0.3 is 0 Å². The molecule has 2 aromatic rings. The first kappa shape index (κ1) is 15.4. The van der Waals surface area contributed by atoms with E-state index < -0.39 is 5.72 Å². The van der Waals surface area contributed by atoms with E-state index in [9.17, 15) is 10.1 Å². The molecular weight excluding hydrogens is 328 g/mol. The van der Waals surface area contributed by atoms with Crippen molar-refractivity contribution in [1.29, 1.82) is 0 Å². The third kappa shape index (κ3) is 1.66. The fourth-order valence-electron chi connectivity index (χ4n) is 5.25. The quantitative estimate of drug-likeness (QED) is 0.556. The lowest BCUT2D eigenvalue weighted by atomic mass is 9.64. The Bertz CT molecular complexity index is 983. The number of nitro groups is 1. The van der Waals surface area contributed by atoms with Gasteiger partial charge in [-0.15, -0.1) is 0 Å². The first-order valence-corrected chi connectivity index (χ1v) is 8.99. The molecule has 1 spiro atoms. The third-order valence-electron chi connectivity index (χ3n) is 6.43. The molecule has 1 saturated carbocycles. The van der Waals surface area contributed by atoms with Gasteiger partial charge in [0.1, 0.15) is 5.75 Å². The van der Waals surface area contributed by atoms with Crippen LogP contribution in [0.1, 0.15) is 37.3 Å². The predicted molar refractivity (Wildman–Crippen MR) is 100 cm³/mol. The van der Waals surface area contributed by atoms with Crippen LogP contribution in [0.25, 0.3) is 6.08 Å². The summed E-state index contributed by atoms with van der Waals surface area (Å²) in [5, 5.41) is 11.1. The SMILES string of the molecule is CN1c2ccccc2[C@]2(C)CCCC3=Cc4cc([N+](=O)[O-])ccc4O[C@]312. The molecule has 5 heteroatoms. The standard InChI is InChI=1S/C21H20N2O3/c1-20-11-5-6-15-12-14-13-16(23(24)25)9-10-19(14)26-21(15,20)22(2)18-8-4-3-7-17(18)20/h3-4,7-10,12-13H,5-6,11H2,1-2H3/t20-,21-/m0/s1. The average Bonchev–Trinajstić information content (AvgIpc) is 2.84. The normalized spacial score (nSPS) is 28.2. The van der Waals surface area contributed by atoms with E-state index in [-0.39, 0.29) is 16.0 Å². The zero-order chi connectivity index (χ0) is 18.1. The van der Waals surface area contributed by atoms with Gasteiger partial charge in [0, 0.05) is 30.4 Å². The fraction of sp³-hybridized carbons (Fsp3) is 0.333. The van der Waals surface area contributed by atoms with Gasteiger partial charge in [-0.1, -0.05) is 18.2 Å². The Morgan fingerprint density at radius 3 is 2.85 bits per heavy atom. The maximum absolute atomic E-state index is 11.1. The number of non-ortho nitro benzene ring substituents is 1. The molecule has 1 aliphatic carbocycles. The number of anilines is 1. The van der Waals surface area contributed by atoms with E-state index in [4.69, 9.17) is 4.74 Å². The molecule has 0 radical (unpaired) electrons. The zero-order valence-electron chi connectivity index (χ0n) is 14.9. The Labute approximate surface area is 152 Å². The van der Waals surface area contributed by atoms with Crippen molar-refractivity contribution in [2.24, 2.45) is 0 Å². The minimum Gasteiger partial charge on any atom is -0.462 e. The van der Waals surface area contributed by atoms with Crippen molar-refractivity contribution in [3.63, 3.8) is 0 Å². The number of rotatable bonds is 1. The summed E-state index contributed by atoms with van der Waals surface area (Å²) >= 11 is 0. The van der Waals surface area contributed by atoms with E-state index in [0.717, 1.165) is 24.8 Å². The number of nitro benzene ring substituents is 1. The first-order chi connectivity index (χ1) is 12.5. The number of benzene rings is 2. The van der Waals surface area contributed by atoms with Crippen LogP contribution < -0.4 is 9.64 Å². The van der Waals surface area contributed by atoms with E-state index in [0.29, 0.717) is 5.75 Å². The van der Waals surface area contributed by atoms with Gasteiger partial charge < -0.3 is 9.64 Å². The van der Waals surface area contributed by atoms with Gasteiger partial charge in [-0.25, -0.2) is 0 Å². The fourth-order valence-corrected chi connectivity index (χ4v) is 5.25. The van der Waals surface area contributed by atoms with E-state index in [1.807, 2.05) is 0 Å². The molecular formula is C21H20N2O3. The molecule has 0 aromatic heterocycles. The molecule has 3 aliphatic rings. The molecule has 2 heterocycles. The lowest BCUT2D eigenvalue weighted by molar-refractivity contribution is -0.384. The highest BCUT2D eigenvalue weighted by Gasteiger charge is 2.64. The number of hydrogen-bond acceptors (Lipinski definition) is 4. The van der Waals surface area contributed by atoms with Gasteiger partial charge in [0.25, 0.3) is 5.69 Å². The third-order valence-corrected chi connectivity index (χ3v) is 6.43. The zero-order valence-corrected chi connectivity index (χ0v) is 14.9. The van der Waals surface area contributed by atoms with Crippen molar-refractivity contribution in [3.8, 4) is 5.75 Å². The molecule has 26 heavy (non-hydrogen) atoms. The summed E-state index contributed by atoms with van der Waals surface area (Å²) in [5.74, 6) is 0.715. The second kappa shape index (κ2) is 4.87. The first-order valence-electron chi connectivity index (χ1n) is 8.99. The highest BCUT2D eigenvalue weighted by molar-refractivity contribution is 5.76. The van der Waals surface area contributed by atoms with Crippen LogP contribution >= 0.6 is 0 Å². The Kier molecular flexibility index (Phi) is 2.89. The molecule has 2 aromatic carbocycles. The molecule has 2 atom stereocenters. The molecule has 0 unspecified atom stereocenters. The summed E-state index contributed by atoms with van der Waals surface area (Å²) < 4.78 is 6.71. The molecule has 0 bridgehead atoms. The minimum absolute atomic E-state index is 0.0989. The smallest absolute Gasteiger partial charge is 0.270 e. The van der Waals surface area contributed by atoms with E-state index >= 15 is 0 Å². The summed E-state index contributed by atoms with van der Waals surface area (Å²) in [7, 11) is 2.10. The van der Waals surface area contributed by atoms with Gasteiger partial charge in [0.15, 0.2) is 0 Å². The van der Waals surface area contributed by atoms with Crippen LogP contribution in [0.4, 0.5) is 11.4 Å². The van der Waals surface area contributed by atoms with Crippen LogP contribution in [0, 0.1) is 10.1 Å². The maximum Gasteiger partial charge on any atom is 0.270 e. The van der Waals surface area contributed by atoms with Gasteiger partial charge in [0.2, 0.25) is 5.72 Å². The lowest BCUT2D eigenvalue weighted by Crippen LogP contribution is -2.63. The minimum atomic E-state index is -0.557. The second-order valence-electron chi connectivity index (χ2n) is 7.66. The van der Waals surface area contributed by atoms with E-state index in [1.165, 1.54) is 22.9 Å². The van der Waals surface area contributed by atoms with Crippen molar-refractivity contribution in [2.45, 2.75) is 37.3 Å². The second-order valence-corrected chi connectivity index (χ2v) is 7.66. The van der Waals surface area contributed by atoms with Crippen LogP contribution in [0.15, 0.2) is 48.0 Å². The van der Waals surface area contributed by atoms with Crippen LogP contribution in [-0.4, -0.2) is 17.7 Å². The van der Waals surface area contributed by atoms with Crippen molar-refractivity contribution in [1.82, 2.24) is 0 Å². The lowest BCUT2D eigenvalue weighted by Gasteiger charge is -2.53. The highest BCUT2D eigenvalue weighted by atomic mass is 16.6. The van der Waals surface area contributed by atoms with Gasteiger partial charge in [0.05, 0.1) is 10.3 Å². The molecule has 5 rings (SSSR count). The summed E-state index contributed by atoms with van der Waals surface area (Å²) in [6.45, 7) is 2.29. The summed E-state index contributed by atoms with van der Waals surface area (Å²) in [4.78, 5) is 13.0. The maximum atomic E-state index is 11.1. The van der Waals surface area contributed by atoms with Gasteiger partial charge in [-0.3, -0.25) is 10.1 Å². The summed E-state index contributed by atoms with van der Waals surface area (Å²) in [5.41, 5.74) is 3.92. The van der Waals surface area contributed by atoms with Gasteiger partial charge in [-0.05, 0) is 55.5 Å². The van der Waals surface area contributed by atoms with Gasteiger partial charge in [-0.2, -0.15) is 0 Å². The monoisotopic (exact) mass is 348 g/mol. The number of fused-ring (bicyclic) bond motifs is 3. The van der Waals surface area contributed by atoms with E-state index in [1.54, 1.807) is 12.1 Å². The topological polar surface area (TPSA) is 55.6 Å². The number of likely N-dealkylation sites (N-methyl/N-ethyl adjacent to an activating group) is 1. The van der Waals surface area contributed by atoms with Crippen molar-refractivity contribution in [3.05, 3.63) is 69.3 Å². The van der Waals surface area contributed by atoms with Crippen molar-refractivity contribution in [2.75, 3.05) is 11.9 Å². The molecule has 0 saturated heterocycles. The number of hydrogen-bond donors (Lipinski definition) is 0. The Hall–Kier alpha value is -2.82.